The minimum absolute atomic E-state index is 0.146. The molecule has 0 bridgehead atoms. The summed E-state index contributed by atoms with van der Waals surface area (Å²) in [6.45, 7) is 8.40. The lowest BCUT2D eigenvalue weighted by atomic mass is 9.82. The lowest BCUT2D eigenvalue weighted by Gasteiger charge is -2.39. The fourth-order valence-electron chi connectivity index (χ4n) is 3.19. The molecule has 1 N–H and O–H groups in total. The first-order chi connectivity index (χ1) is 12.6. The van der Waals surface area contributed by atoms with Crippen molar-refractivity contribution < 1.29 is 24.2 Å². The zero-order valence-electron chi connectivity index (χ0n) is 16.8. The van der Waals surface area contributed by atoms with Crippen molar-refractivity contribution in [3.05, 3.63) is 35.4 Å². The largest absolute Gasteiger partial charge is 0.461 e. The van der Waals surface area contributed by atoms with E-state index >= 15 is 0 Å². The van der Waals surface area contributed by atoms with E-state index in [0.29, 0.717) is 32.4 Å². The van der Waals surface area contributed by atoms with Crippen molar-refractivity contribution in [2.75, 3.05) is 13.1 Å². The van der Waals surface area contributed by atoms with Gasteiger partial charge in [0.15, 0.2) is 0 Å². The number of hydrogen-bond acceptors (Lipinski definition) is 5. The van der Waals surface area contributed by atoms with Crippen molar-refractivity contribution in [3.63, 3.8) is 0 Å². The van der Waals surface area contributed by atoms with Gasteiger partial charge in [-0.1, -0.05) is 31.2 Å². The number of rotatable bonds is 5. The van der Waals surface area contributed by atoms with Crippen LogP contribution >= 0.6 is 0 Å². The SMILES string of the molecule is CCCC(=O)OCc1ccccc1C1(O)CCN(C(=O)OC(C)(C)C)CC1. The molecule has 6 nitrogen and oxygen atoms in total. The summed E-state index contributed by atoms with van der Waals surface area (Å²) >= 11 is 0. The molecule has 0 spiro atoms. The Bertz CT molecular complexity index is 657. The molecular formula is C21H31NO5. The first kappa shape index (κ1) is 21.2. The first-order valence-corrected chi connectivity index (χ1v) is 9.59. The van der Waals surface area contributed by atoms with Gasteiger partial charge in [-0.25, -0.2) is 4.79 Å². The van der Waals surface area contributed by atoms with Crippen LogP contribution in [0, 0.1) is 0 Å². The summed E-state index contributed by atoms with van der Waals surface area (Å²) in [7, 11) is 0. The van der Waals surface area contributed by atoms with Crippen LogP contribution in [0.4, 0.5) is 4.79 Å². The van der Waals surface area contributed by atoms with Crippen LogP contribution in [0.1, 0.15) is 64.5 Å². The van der Waals surface area contributed by atoms with E-state index in [1.807, 2.05) is 52.0 Å². The standard InChI is InChI=1S/C21H31NO5/c1-5-8-18(23)26-15-16-9-6-7-10-17(16)21(25)11-13-22(14-12-21)19(24)27-20(2,3)4/h6-7,9-10,25H,5,8,11-15H2,1-4H3. The number of carbonyl (C=O) groups is 2. The Labute approximate surface area is 161 Å². The van der Waals surface area contributed by atoms with Gasteiger partial charge in [-0.3, -0.25) is 4.79 Å². The zero-order chi connectivity index (χ0) is 20.1. The molecule has 0 unspecified atom stereocenters. The summed E-state index contributed by atoms with van der Waals surface area (Å²) < 4.78 is 10.7. The van der Waals surface area contributed by atoms with Gasteiger partial charge in [0.25, 0.3) is 0 Å². The van der Waals surface area contributed by atoms with Gasteiger partial charge in [-0.05, 0) is 51.2 Å². The molecule has 1 aromatic carbocycles. The van der Waals surface area contributed by atoms with E-state index in [-0.39, 0.29) is 18.7 Å². The third kappa shape index (κ3) is 5.96. The van der Waals surface area contributed by atoms with Gasteiger partial charge >= 0.3 is 12.1 Å². The van der Waals surface area contributed by atoms with Gasteiger partial charge < -0.3 is 19.5 Å². The summed E-state index contributed by atoms with van der Waals surface area (Å²) in [5, 5.41) is 11.2. The Hall–Kier alpha value is -2.08. The summed E-state index contributed by atoms with van der Waals surface area (Å²) in [6.07, 6.45) is 1.59. The Kier molecular flexibility index (Phi) is 6.87. The quantitative estimate of drug-likeness (QED) is 0.791. The minimum Gasteiger partial charge on any atom is -0.461 e. The number of benzene rings is 1. The van der Waals surface area contributed by atoms with Crippen LogP contribution in [0.2, 0.25) is 0 Å². The highest BCUT2D eigenvalue weighted by Crippen LogP contribution is 2.35. The molecular weight excluding hydrogens is 346 g/mol. The number of likely N-dealkylation sites (tertiary alicyclic amines) is 1. The van der Waals surface area contributed by atoms with Gasteiger partial charge in [0.2, 0.25) is 0 Å². The molecule has 6 heteroatoms. The molecule has 0 aliphatic carbocycles. The molecule has 2 rings (SSSR count). The van der Waals surface area contributed by atoms with Gasteiger partial charge in [0, 0.05) is 19.5 Å². The van der Waals surface area contributed by atoms with Crippen LogP contribution in [-0.4, -0.2) is 40.8 Å². The number of esters is 1. The Morgan fingerprint density at radius 3 is 2.41 bits per heavy atom. The normalized spacial score (nSPS) is 16.7. The fourth-order valence-corrected chi connectivity index (χ4v) is 3.19. The number of amides is 1. The highest BCUT2D eigenvalue weighted by Gasteiger charge is 2.38. The van der Waals surface area contributed by atoms with Crippen molar-refractivity contribution >= 4 is 12.1 Å². The number of nitrogens with zero attached hydrogens (tertiary/aromatic N) is 1. The molecule has 1 aromatic rings. The average molecular weight is 377 g/mol. The van der Waals surface area contributed by atoms with Crippen LogP contribution < -0.4 is 0 Å². The Balaban J connectivity index is 2.04. The highest BCUT2D eigenvalue weighted by atomic mass is 16.6. The van der Waals surface area contributed by atoms with E-state index in [2.05, 4.69) is 0 Å². The lowest BCUT2D eigenvalue weighted by Crippen LogP contribution is -2.47. The number of aliphatic hydroxyl groups is 1. The van der Waals surface area contributed by atoms with Gasteiger partial charge in [0.1, 0.15) is 12.2 Å². The summed E-state index contributed by atoms with van der Waals surface area (Å²) in [6, 6.07) is 7.47. The van der Waals surface area contributed by atoms with Crippen LogP contribution in [0.15, 0.2) is 24.3 Å². The maximum atomic E-state index is 12.2. The number of carbonyl (C=O) groups excluding carboxylic acids is 2. The predicted molar refractivity (Wildman–Crippen MR) is 102 cm³/mol. The predicted octanol–water partition coefficient (Wildman–Crippen LogP) is 3.75. The van der Waals surface area contributed by atoms with Crippen molar-refractivity contribution in [2.24, 2.45) is 0 Å². The second-order valence-corrected chi connectivity index (χ2v) is 8.07. The molecule has 27 heavy (non-hydrogen) atoms. The zero-order valence-corrected chi connectivity index (χ0v) is 16.8. The molecule has 0 aromatic heterocycles. The average Bonchev–Trinajstić information content (AvgIpc) is 2.59. The monoisotopic (exact) mass is 377 g/mol. The first-order valence-electron chi connectivity index (χ1n) is 9.59. The van der Waals surface area contributed by atoms with E-state index in [1.54, 1.807) is 4.90 Å². The third-order valence-corrected chi connectivity index (χ3v) is 4.60. The maximum absolute atomic E-state index is 12.2. The topological polar surface area (TPSA) is 76.1 Å². The van der Waals surface area contributed by atoms with Crippen molar-refractivity contribution in [1.82, 2.24) is 4.90 Å². The van der Waals surface area contributed by atoms with Crippen molar-refractivity contribution in [2.45, 2.75) is 71.2 Å². The van der Waals surface area contributed by atoms with Crippen molar-refractivity contribution in [1.29, 1.82) is 0 Å². The molecule has 150 valence electrons. The molecule has 1 aliphatic heterocycles. The third-order valence-electron chi connectivity index (χ3n) is 4.60. The molecule has 1 saturated heterocycles. The van der Waals surface area contributed by atoms with Crippen LogP contribution in [0.5, 0.6) is 0 Å². The maximum Gasteiger partial charge on any atom is 0.410 e. The van der Waals surface area contributed by atoms with E-state index in [4.69, 9.17) is 9.47 Å². The van der Waals surface area contributed by atoms with E-state index < -0.39 is 11.2 Å². The second kappa shape index (κ2) is 8.74. The fraction of sp³-hybridized carbons (Fsp3) is 0.619. The molecule has 1 heterocycles. The molecule has 1 amide bonds. The molecule has 0 saturated carbocycles. The van der Waals surface area contributed by atoms with Crippen LogP contribution in [0.3, 0.4) is 0 Å². The van der Waals surface area contributed by atoms with Crippen LogP contribution in [0.25, 0.3) is 0 Å². The summed E-state index contributed by atoms with van der Waals surface area (Å²) in [4.78, 5) is 25.5. The van der Waals surface area contributed by atoms with E-state index in [9.17, 15) is 14.7 Å². The lowest BCUT2D eigenvalue weighted by molar-refractivity contribution is -0.145. The van der Waals surface area contributed by atoms with E-state index in [0.717, 1.165) is 17.5 Å². The number of hydrogen-bond donors (Lipinski definition) is 1. The molecule has 0 radical (unpaired) electrons. The number of piperidine rings is 1. The highest BCUT2D eigenvalue weighted by molar-refractivity contribution is 5.69. The molecule has 0 atom stereocenters. The Morgan fingerprint density at radius 2 is 1.81 bits per heavy atom. The van der Waals surface area contributed by atoms with Crippen LogP contribution in [-0.2, 0) is 26.5 Å². The van der Waals surface area contributed by atoms with Gasteiger partial charge in [-0.15, -0.1) is 0 Å². The smallest absolute Gasteiger partial charge is 0.410 e. The molecule has 1 fully saturated rings. The Morgan fingerprint density at radius 1 is 1.19 bits per heavy atom. The van der Waals surface area contributed by atoms with E-state index in [1.165, 1.54) is 0 Å². The van der Waals surface area contributed by atoms with Gasteiger partial charge in [0.05, 0.1) is 5.60 Å². The minimum atomic E-state index is -1.05. The summed E-state index contributed by atoms with van der Waals surface area (Å²) in [5.41, 5.74) is -0.0280. The van der Waals surface area contributed by atoms with Crippen molar-refractivity contribution in [3.8, 4) is 0 Å². The van der Waals surface area contributed by atoms with Gasteiger partial charge in [-0.2, -0.15) is 0 Å². The second-order valence-electron chi connectivity index (χ2n) is 8.07. The number of ether oxygens (including phenoxy) is 2. The molecule has 1 aliphatic rings. The summed E-state index contributed by atoms with van der Waals surface area (Å²) in [5.74, 6) is -0.237.